The van der Waals surface area contributed by atoms with E-state index in [-0.39, 0.29) is 11.8 Å². The number of ether oxygens (including phenoxy) is 1. The van der Waals surface area contributed by atoms with E-state index in [1.807, 2.05) is 12.1 Å². The Labute approximate surface area is 155 Å². The van der Waals surface area contributed by atoms with Crippen LogP contribution in [0.5, 0.6) is 5.75 Å². The number of anilines is 1. The average Bonchev–Trinajstić information content (AvgIpc) is 2.77. The fourth-order valence-electron chi connectivity index (χ4n) is 3.50. The van der Waals surface area contributed by atoms with Crippen LogP contribution in [0.2, 0.25) is 0 Å². The number of carbonyl (C=O) groups excluding carboxylic acids is 1. The molecule has 1 heterocycles. The summed E-state index contributed by atoms with van der Waals surface area (Å²) in [6.07, 6.45) is -2.01. The Morgan fingerprint density at radius 2 is 1.93 bits per heavy atom. The van der Waals surface area contributed by atoms with Crippen molar-refractivity contribution in [3.8, 4) is 5.75 Å². The highest BCUT2D eigenvalue weighted by Crippen LogP contribution is 2.40. The Hall–Kier alpha value is -2.76. The van der Waals surface area contributed by atoms with Gasteiger partial charge in [-0.2, -0.15) is 13.2 Å². The maximum absolute atomic E-state index is 13.1. The number of hydrogen-bond acceptors (Lipinski definition) is 2. The van der Waals surface area contributed by atoms with E-state index in [2.05, 4.69) is 11.9 Å². The fourth-order valence-corrected chi connectivity index (χ4v) is 3.50. The molecule has 0 aliphatic carbocycles. The van der Waals surface area contributed by atoms with Gasteiger partial charge >= 0.3 is 6.18 Å². The molecule has 0 spiro atoms. The van der Waals surface area contributed by atoms with Crippen molar-refractivity contribution in [2.24, 2.45) is 5.92 Å². The van der Waals surface area contributed by atoms with Crippen LogP contribution in [0.3, 0.4) is 0 Å². The van der Waals surface area contributed by atoms with Gasteiger partial charge in [-0.25, -0.2) is 0 Å². The Morgan fingerprint density at radius 1 is 1.22 bits per heavy atom. The van der Waals surface area contributed by atoms with Crippen molar-refractivity contribution >= 4 is 11.6 Å². The first kappa shape index (κ1) is 19.0. The SMILES string of the molecule is C=CCC1C(=O)Nc2ccc(C(F)(F)F)cc2CC1c1ccc(OC)cc1. The van der Waals surface area contributed by atoms with Crippen LogP contribution in [-0.4, -0.2) is 13.0 Å². The van der Waals surface area contributed by atoms with Gasteiger partial charge in [0.25, 0.3) is 0 Å². The molecule has 2 aromatic carbocycles. The highest BCUT2D eigenvalue weighted by molar-refractivity contribution is 5.95. The highest BCUT2D eigenvalue weighted by atomic mass is 19.4. The molecule has 3 nitrogen and oxygen atoms in total. The van der Waals surface area contributed by atoms with Gasteiger partial charge in [-0.05, 0) is 60.2 Å². The molecule has 1 aliphatic rings. The minimum atomic E-state index is -4.43. The van der Waals surface area contributed by atoms with Gasteiger partial charge in [-0.15, -0.1) is 6.58 Å². The zero-order valence-electron chi connectivity index (χ0n) is 14.8. The molecule has 3 rings (SSSR count). The molecule has 0 aromatic heterocycles. The van der Waals surface area contributed by atoms with Gasteiger partial charge in [-0.3, -0.25) is 4.79 Å². The number of methoxy groups -OCH3 is 1. The van der Waals surface area contributed by atoms with E-state index in [1.54, 1.807) is 25.3 Å². The summed E-state index contributed by atoms with van der Waals surface area (Å²) in [6.45, 7) is 3.72. The standard InChI is InChI=1S/C21H20F3NO2/c1-3-4-17-18(13-5-8-16(27-2)9-6-13)12-14-11-15(21(22,23)24)7-10-19(14)25-20(17)26/h3,5-11,17-18H,1,4,12H2,2H3,(H,25,26). The lowest BCUT2D eigenvalue weighted by Crippen LogP contribution is -2.26. The quantitative estimate of drug-likeness (QED) is 0.748. The summed E-state index contributed by atoms with van der Waals surface area (Å²) in [7, 11) is 1.56. The maximum Gasteiger partial charge on any atom is 0.416 e. The third-order valence-corrected chi connectivity index (χ3v) is 4.92. The van der Waals surface area contributed by atoms with Crippen LogP contribution in [0, 0.1) is 5.92 Å². The van der Waals surface area contributed by atoms with Gasteiger partial charge in [0.05, 0.1) is 12.7 Å². The third kappa shape index (κ3) is 3.99. The van der Waals surface area contributed by atoms with Crippen LogP contribution in [0.25, 0.3) is 0 Å². The molecular weight excluding hydrogens is 355 g/mol. The van der Waals surface area contributed by atoms with Crippen LogP contribution in [0.15, 0.2) is 55.1 Å². The van der Waals surface area contributed by atoms with E-state index in [1.165, 1.54) is 6.07 Å². The molecule has 1 amide bonds. The normalized spacial score (nSPS) is 19.6. The first-order valence-electron chi connectivity index (χ1n) is 8.59. The highest BCUT2D eigenvalue weighted by Gasteiger charge is 2.35. The van der Waals surface area contributed by atoms with Crippen molar-refractivity contribution in [3.63, 3.8) is 0 Å². The molecule has 0 fully saturated rings. The molecule has 0 saturated heterocycles. The first-order chi connectivity index (χ1) is 12.8. The third-order valence-electron chi connectivity index (χ3n) is 4.92. The molecule has 2 unspecified atom stereocenters. The van der Waals surface area contributed by atoms with E-state index in [4.69, 9.17) is 4.74 Å². The number of rotatable bonds is 4. The van der Waals surface area contributed by atoms with Gasteiger partial charge in [0.1, 0.15) is 5.75 Å². The molecule has 6 heteroatoms. The number of benzene rings is 2. The number of carbonyl (C=O) groups is 1. The van der Waals surface area contributed by atoms with Crippen molar-refractivity contribution in [2.75, 3.05) is 12.4 Å². The number of alkyl halides is 3. The smallest absolute Gasteiger partial charge is 0.416 e. The number of halogens is 3. The molecular formula is C21H20F3NO2. The van der Waals surface area contributed by atoms with Gasteiger partial charge in [0, 0.05) is 11.6 Å². The van der Waals surface area contributed by atoms with Gasteiger partial charge < -0.3 is 10.1 Å². The molecule has 2 atom stereocenters. The lowest BCUT2D eigenvalue weighted by molar-refractivity contribution is -0.137. The average molecular weight is 375 g/mol. The van der Waals surface area contributed by atoms with Crippen molar-refractivity contribution < 1.29 is 22.7 Å². The Morgan fingerprint density at radius 3 is 2.52 bits per heavy atom. The van der Waals surface area contributed by atoms with Crippen molar-refractivity contribution in [2.45, 2.75) is 24.9 Å². The Bertz CT molecular complexity index is 843. The molecule has 1 N–H and O–H groups in total. The van der Waals surface area contributed by atoms with Crippen LogP contribution < -0.4 is 10.1 Å². The predicted octanol–water partition coefficient (Wildman–Crippen LogP) is 5.18. The van der Waals surface area contributed by atoms with Crippen LogP contribution in [0.4, 0.5) is 18.9 Å². The second-order valence-corrected chi connectivity index (χ2v) is 6.57. The Balaban J connectivity index is 2.05. The zero-order valence-corrected chi connectivity index (χ0v) is 14.8. The molecule has 142 valence electrons. The van der Waals surface area contributed by atoms with Crippen LogP contribution >= 0.6 is 0 Å². The van der Waals surface area contributed by atoms with Crippen molar-refractivity contribution in [3.05, 3.63) is 71.8 Å². The Kier molecular flexibility index (Phi) is 5.26. The van der Waals surface area contributed by atoms with Crippen molar-refractivity contribution in [1.29, 1.82) is 0 Å². The molecule has 27 heavy (non-hydrogen) atoms. The first-order valence-corrected chi connectivity index (χ1v) is 8.59. The number of amides is 1. The van der Waals surface area contributed by atoms with Crippen LogP contribution in [0.1, 0.15) is 29.0 Å². The number of allylic oxidation sites excluding steroid dienone is 1. The fraction of sp³-hybridized carbons (Fsp3) is 0.286. The molecule has 1 aliphatic heterocycles. The summed E-state index contributed by atoms with van der Waals surface area (Å²) in [5, 5.41) is 2.78. The second kappa shape index (κ2) is 7.47. The zero-order chi connectivity index (χ0) is 19.6. The predicted molar refractivity (Wildman–Crippen MR) is 97.8 cm³/mol. The van der Waals surface area contributed by atoms with Gasteiger partial charge in [0.2, 0.25) is 5.91 Å². The monoisotopic (exact) mass is 375 g/mol. The summed E-state index contributed by atoms with van der Waals surface area (Å²) in [5.41, 5.74) is 1.07. The summed E-state index contributed by atoms with van der Waals surface area (Å²) in [6, 6.07) is 10.7. The molecule has 0 saturated carbocycles. The summed E-state index contributed by atoms with van der Waals surface area (Å²) in [4.78, 5) is 12.7. The summed E-state index contributed by atoms with van der Waals surface area (Å²) in [5.74, 6) is -0.220. The summed E-state index contributed by atoms with van der Waals surface area (Å²) >= 11 is 0. The number of hydrogen-bond donors (Lipinski definition) is 1. The van der Waals surface area contributed by atoms with Crippen LogP contribution in [-0.2, 0) is 17.4 Å². The lowest BCUT2D eigenvalue weighted by atomic mass is 9.80. The van der Waals surface area contributed by atoms with Gasteiger partial charge in [-0.1, -0.05) is 18.2 Å². The van der Waals surface area contributed by atoms with E-state index >= 15 is 0 Å². The topological polar surface area (TPSA) is 38.3 Å². The summed E-state index contributed by atoms with van der Waals surface area (Å²) < 4.78 is 44.5. The van der Waals surface area contributed by atoms with E-state index in [9.17, 15) is 18.0 Å². The second-order valence-electron chi connectivity index (χ2n) is 6.57. The molecule has 2 aromatic rings. The minimum absolute atomic E-state index is 0.214. The van der Waals surface area contributed by atoms with E-state index in [0.29, 0.717) is 29.8 Å². The van der Waals surface area contributed by atoms with Gasteiger partial charge in [0.15, 0.2) is 0 Å². The minimum Gasteiger partial charge on any atom is -0.497 e. The number of fused-ring (bicyclic) bond motifs is 1. The molecule has 0 radical (unpaired) electrons. The lowest BCUT2D eigenvalue weighted by Gasteiger charge is -2.23. The van der Waals surface area contributed by atoms with E-state index < -0.39 is 17.7 Å². The molecule has 0 bridgehead atoms. The number of nitrogens with one attached hydrogen (secondary N) is 1. The van der Waals surface area contributed by atoms with Crippen molar-refractivity contribution in [1.82, 2.24) is 0 Å². The maximum atomic E-state index is 13.1. The van der Waals surface area contributed by atoms with E-state index in [0.717, 1.165) is 17.7 Å². The largest absolute Gasteiger partial charge is 0.497 e.